The van der Waals surface area contributed by atoms with Gasteiger partial charge in [0.15, 0.2) is 5.78 Å². The molecular formula is C30H26N4O4. The van der Waals surface area contributed by atoms with E-state index in [0.29, 0.717) is 33.5 Å². The van der Waals surface area contributed by atoms with Crippen LogP contribution < -0.4 is 10.9 Å². The van der Waals surface area contributed by atoms with E-state index in [9.17, 15) is 14.4 Å². The number of rotatable bonds is 5. The maximum Gasteiger partial charge on any atom is 0.412 e. The summed E-state index contributed by atoms with van der Waals surface area (Å²) < 4.78 is 5.37. The van der Waals surface area contributed by atoms with E-state index >= 15 is 0 Å². The Morgan fingerprint density at radius 3 is 2.39 bits per heavy atom. The summed E-state index contributed by atoms with van der Waals surface area (Å²) in [7, 11) is 0. The van der Waals surface area contributed by atoms with Gasteiger partial charge in [-0.1, -0.05) is 42.5 Å². The second-order valence-corrected chi connectivity index (χ2v) is 9.79. The molecule has 0 unspecified atom stereocenters. The average molecular weight is 507 g/mol. The zero-order chi connectivity index (χ0) is 26.9. The molecule has 2 heterocycles. The van der Waals surface area contributed by atoms with E-state index in [1.165, 1.54) is 6.08 Å². The van der Waals surface area contributed by atoms with E-state index < -0.39 is 23.0 Å². The highest BCUT2D eigenvalue weighted by Crippen LogP contribution is 2.32. The van der Waals surface area contributed by atoms with Gasteiger partial charge in [-0.05, 0) is 68.8 Å². The van der Waals surface area contributed by atoms with Crippen LogP contribution in [0, 0.1) is 0 Å². The predicted molar refractivity (Wildman–Crippen MR) is 149 cm³/mol. The maximum atomic E-state index is 13.5. The quantitative estimate of drug-likeness (QED) is 0.191. The topological polar surface area (TPSA) is 117 Å². The summed E-state index contributed by atoms with van der Waals surface area (Å²) in [5, 5.41) is 3.33. The van der Waals surface area contributed by atoms with Crippen molar-refractivity contribution in [1.29, 1.82) is 0 Å². The normalized spacial score (nSPS) is 11.8. The molecule has 8 heteroatoms. The molecule has 2 aromatic heterocycles. The number of aromatic nitrogens is 3. The van der Waals surface area contributed by atoms with Crippen molar-refractivity contribution in [2.75, 3.05) is 5.32 Å². The minimum absolute atomic E-state index is 0.00882. The molecule has 5 aromatic rings. The van der Waals surface area contributed by atoms with Gasteiger partial charge in [0.25, 0.3) is 5.56 Å². The highest BCUT2D eigenvalue weighted by atomic mass is 16.6. The number of H-pyrrole nitrogens is 2. The Morgan fingerprint density at radius 1 is 0.921 bits per heavy atom. The number of fused-ring (bicyclic) bond motifs is 2. The first kappa shape index (κ1) is 24.7. The lowest BCUT2D eigenvalue weighted by molar-refractivity contribution is 0.0635. The van der Waals surface area contributed by atoms with E-state index in [4.69, 9.17) is 4.74 Å². The number of ketones is 1. The lowest BCUT2D eigenvalue weighted by atomic mass is 9.93. The van der Waals surface area contributed by atoms with Gasteiger partial charge in [0.1, 0.15) is 11.4 Å². The van der Waals surface area contributed by atoms with Crippen LogP contribution in [0.1, 0.15) is 37.0 Å². The van der Waals surface area contributed by atoms with Gasteiger partial charge in [0, 0.05) is 22.2 Å². The third-order valence-electron chi connectivity index (χ3n) is 5.77. The van der Waals surface area contributed by atoms with Crippen LogP contribution in [0.15, 0.2) is 83.7 Å². The number of aromatic amines is 2. The number of hydrogen-bond acceptors (Lipinski definition) is 5. The summed E-state index contributed by atoms with van der Waals surface area (Å²) in [4.78, 5) is 49.5. The van der Waals surface area contributed by atoms with Crippen molar-refractivity contribution in [3.05, 3.63) is 101 Å². The summed E-state index contributed by atoms with van der Waals surface area (Å²) in [6.45, 7) is 5.34. The molecule has 0 bridgehead atoms. The Balaban J connectivity index is 1.60. The van der Waals surface area contributed by atoms with Crippen molar-refractivity contribution in [3.63, 3.8) is 0 Å². The molecule has 0 saturated carbocycles. The van der Waals surface area contributed by atoms with Gasteiger partial charge >= 0.3 is 6.09 Å². The van der Waals surface area contributed by atoms with Gasteiger partial charge < -0.3 is 14.7 Å². The molecule has 0 aliphatic rings. The van der Waals surface area contributed by atoms with Gasteiger partial charge in [0.05, 0.1) is 16.6 Å². The number of amides is 1. The summed E-state index contributed by atoms with van der Waals surface area (Å²) in [6.07, 6.45) is 2.29. The smallest absolute Gasteiger partial charge is 0.412 e. The minimum Gasteiger partial charge on any atom is -0.444 e. The molecule has 0 atom stereocenters. The molecule has 1 amide bonds. The van der Waals surface area contributed by atoms with Crippen molar-refractivity contribution in [1.82, 2.24) is 15.0 Å². The fraction of sp³-hybridized carbons (Fsp3) is 0.133. The van der Waals surface area contributed by atoms with Crippen LogP contribution >= 0.6 is 0 Å². The van der Waals surface area contributed by atoms with Crippen molar-refractivity contribution >= 4 is 45.6 Å². The van der Waals surface area contributed by atoms with Crippen LogP contribution in [0.5, 0.6) is 0 Å². The average Bonchev–Trinajstić information content (AvgIpc) is 3.29. The van der Waals surface area contributed by atoms with Crippen LogP contribution in [0.25, 0.3) is 39.1 Å². The number of pyridine rings is 1. The Hall–Kier alpha value is -4.98. The molecule has 8 nitrogen and oxygen atoms in total. The lowest BCUT2D eigenvalue weighted by Crippen LogP contribution is -2.27. The number of nitrogens with one attached hydrogen (secondary N) is 3. The van der Waals surface area contributed by atoms with Crippen molar-refractivity contribution < 1.29 is 14.3 Å². The first-order chi connectivity index (χ1) is 18.2. The summed E-state index contributed by atoms with van der Waals surface area (Å²) in [5.74, 6) is 0.0276. The third kappa shape index (κ3) is 5.24. The molecule has 0 saturated heterocycles. The number of carbonyl (C=O) groups excluding carboxylic acids is 2. The molecule has 0 fully saturated rings. The molecule has 5 rings (SSSR count). The molecule has 0 aliphatic heterocycles. The Kier molecular flexibility index (Phi) is 6.38. The number of ether oxygens (including phenoxy) is 1. The molecule has 38 heavy (non-hydrogen) atoms. The maximum absolute atomic E-state index is 13.5. The third-order valence-corrected chi connectivity index (χ3v) is 5.77. The summed E-state index contributed by atoms with van der Waals surface area (Å²) in [5.41, 5.74) is 2.60. The SMILES string of the molecule is CC(C)(C)OC(=O)Nc1ccc2[nH]c(=O)c(C(=O)/C=C/c3nc4ccccc4[nH]3)c(-c3ccccc3)c2c1. The van der Waals surface area contributed by atoms with Crippen molar-refractivity contribution in [2.45, 2.75) is 26.4 Å². The van der Waals surface area contributed by atoms with Gasteiger partial charge in [0.2, 0.25) is 0 Å². The highest BCUT2D eigenvalue weighted by molar-refractivity contribution is 6.15. The fourth-order valence-electron chi connectivity index (χ4n) is 4.22. The summed E-state index contributed by atoms with van der Waals surface area (Å²) >= 11 is 0. The van der Waals surface area contributed by atoms with Gasteiger partial charge in [-0.2, -0.15) is 0 Å². The molecule has 0 aliphatic carbocycles. The van der Waals surface area contributed by atoms with E-state index in [0.717, 1.165) is 11.0 Å². The summed E-state index contributed by atoms with van der Waals surface area (Å²) in [6, 6.07) is 21.8. The van der Waals surface area contributed by atoms with Crippen LogP contribution in [0.4, 0.5) is 10.5 Å². The second-order valence-electron chi connectivity index (χ2n) is 9.79. The largest absolute Gasteiger partial charge is 0.444 e. The zero-order valence-corrected chi connectivity index (χ0v) is 21.2. The Labute approximate surface area is 218 Å². The molecule has 0 spiro atoms. The predicted octanol–water partition coefficient (Wildman–Crippen LogP) is 6.31. The van der Waals surface area contributed by atoms with Gasteiger partial charge in [-0.15, -0.1) is 0 Å². The van der Waals surface area contributed by atoms with Crippen LogP contribution in [0.3, 0.4) is 0 Å². The molecular weight excluding hydrogens is 480 g/mol. The monoisotopic (exact) mass is 506 g/mol. The number of allylic oxidation sites excluding steroid dienone is 1. The fourth-order valence-corrected chi connectivity index (χ4v) is 4.22. The number of imidazole rings is 1. The number of hydrogen-bond donors (Lipinski definition) is 3. The van der Waals surface area contributed by atoms with Crippen LogP contribution in [0.2, 0.25) is 0 Å². The Morgan fingerprint density at radius 2 is 1.66 bits per heavy atom. The number of carbonyl (C=O) groups is 2. The lowest BCUT2D eigenvalue weighted by Gasteiger charge is -2.20. The zero-order valence-electron chi connectivity index (χ0n) is 21.2. The second kappa shape index (κ2) is 9.82. The standard InChI is InChI=1S/C30H26N4O4/c1-30(2,3)38-29(37)31-19-13-14-21-20(17-19)26(18-9-5-4-6-10-18)27(28(36)34-21)24(35)15-16-25-32-22-11-7-8-12-23(22)33-25/h4-17H,1-3H3,(H,31,37)(H,32,33)(H,34,36)/b16-15+. The van der Waals surface area contributed by atoms with E-state index in [2.05, 4.69) is 20.3 Å². The van der Waals surface area contributed by atoms with Crippen molar-refractivity contribution in [3.8, 4) is 11.1 Å². The molecule has 0 radical (unpaired) electrons. The molecule has 3 aromatic carbocycles. The molecule has 190 valence electrons. The first-order valence-corrected chi connectivity index (χ1v) is 12.1. The van der Waals surface area contributed by atoms with Gasteiger partial charge in [-0.3, -0.25) is 14.9 Å². The van der Waals surface area contributed by atoms with E-state index in [1.807, 2.05) is 54.6 Å². The minimum atomic E-state index is -0.660. The Bertz CT molecular complexity index is 1730. The van der Waals surface area contributed by atoms with Gasteiger partial charge in [-0.25, -0.2) is 9.78 Å². The van der Waals surface area contributed by atoms with Crippen LogP contribution in [-0.2, 0) is 4.74 Å². The number of nitrogens with zero attached hydrogens (tertiary/aromatic N) is 1. The number of benzene rings is 3. The first-order valence-electron chi connectivity index (χ1n) is 12.1. The number of para-hydroxylation sites is 2. The van der Waals surface area contributed by atoms with Crippen LogP contribution in [-0.4, -0.2) is 32.4 Å². The highest BCUT2D eigenvalue weighted by Gasteiger charge is 2.21. The van der Waals surface area contributed by atoms with Crippen molar-refractivity contribution in [2.24, 2.45) is 0 Å². The van der Waals surface area contributed by atoms with E-state index in [-0.39, 0.29) is 5.56 Å². The molecule has 3 N–H and O–H groups in total. The number of anilines is 1. The van der Waals surface area contributed by atoms with E-state index in [1.54, 1.807) is 45.0 Å².